The zero-order chi connectivity index (χ0) is 40.8. The fourth-order valence-corrected chi connectivity index (χ4v) is 7.63. The summed E-state index contributed by atoms with van der Waals surface area (Å²) in [5.41, 5.74) is 1.49. The van der Waals surface area contributed by atoms with Gasteiger partial charge < -0.3 is 17.2 Å². The van der Waals surface area contributed by atoms with Crippen molar-refractivity contribution in [2.75, 3.05) is 31.3 Å². The van der Waals surface area contributed by atoms with Crippen LogP contribution >= 0.6 is 23.2 Å². The second-order valence-corrected chi connectivity index (χ2v) is 15.8. The number of aryl methyl sites for hydroxylation is 2. The van der Waals surface area contributed by atoms with E-state index >= 15 is 0 Å². The number of benzene rings is 2. The quantitative estimate of drug-likeness (QED) is 0.199. The molecule has 2 aromatic heterocycles. The van der Waals surface area contributed by atoms with E-state index in [4.69, 9.17) is 28.3 Å². The van der Waals surface area contributed by atoms with Gasteiger partial charge >= 0.3 is 39.8 Å². The summed E-state index contributed by atoms with van der Waals surface area (Å²) in [6.07, 6.45) is 4.57. The summed E-state index contributed by atoms with van der Waals surface area (Å²) >= 11 is 11.4. The number of carbonyl (C=O) groups excluding carboxylic acids is 2. The van der Waals surface area contributed by atoms with Crippen LogP contribution in [0.15, 0.2) is 77.1 Å². The van der Waals surface area contributed by atoms with Gasteiger partial charge in [-0.1, -0.05) is 30.6 Å². The van der Waals surface area contributed by atoms with Crippen molar-refractivity contribution >= 4 is 80.9 Å². The molecule has 2 aromatic carbocycles. The van der Waals surface area contributed by atoms with Crippen molar-refractivity contribution in [3.05, 3.63) is 106 Å². The number of aromatic nitrogens is 4. The number of likely N-dealkylation sites (N-methyl/N-ethyl adjacent to an activating group) is 2. The van der Waals surface area contributed by atoms with E-state index in [2.05, 4.69) is 30.0 Å². The molecule has 0 bridgehead atoms. The van der Waals surface area contributed by atoms with Crippen LogP contribution in [-0.2, 0) is 44.1 Å². The number of hydrogen-bond acceptors (Lipinski definition) is 9. The second-order valence-electron chi connectivity index (χ2n) is 11.6. The molecule has 309 valence electrons. The molecule has 2 atom stereocenters. The maximum absolute atomic E-state index is 13.3. The first-order chi connectivity index (χ1) is 25.8. The molecule has 2 amide bonds. The third-order valence-electron chi connectivity index (χ3n) is 7.94. The normalized spacial score (nSPS) is 17.8. The van der Waals surface area contributed by atoms with Crippen molar-refractivity contribution in [1.29, 1.82) is 0 Å². The Kier molecular flexibility index (Phi) is 19.9. The van der Waals surface area contributed by atoms with E-state index in [-0.39, 0.29) is 92.7 Å². The number of carbonyl (C=O) groups is 2. The fourth-order valence-electron chi connectivity index (χ4n) is 5.11. The summed E-state index contributed by atoms with van der Waals surface area (Å²) in [5.74, 6) is -2.49. The standard InChI is InChI=1S/C15H17ClFN5O3S.C15H13ClFN5O3S.C2H6O.CH4.B.Na.H/c2*1-21-13(5-6-18-21)12-8-14(22(2)26(24,25)20-12)15(23)19-9-3-4-11(17)10(16)7-9;1-2-3;;;;/h3-7,12,14,20H,8H2,1-2H3,(H,19,23);3-8H,1-2H3,(H,19,23);3H,2H2,1H3;1H4;;;/q;;;;;+1;-1. The van der Waals surface area contributed by atoms with Gasteiger partial charge in [-0.15, -0.1) is 4.40 Å². The van der Waals surface area contributed by atoms with E-state index < -0.39 is 56.0 Å². The largest absolute Gasteiger partial charge is 1.00 e. The van der Waals surface area contributed by atoms with E-state index in [1.807, 2.05) is 0 Å². The van der Waals surface area contributed by atoms with Gasteiger partial charge in [-0.2, -0.15) is 36.1 Å². The summed E-state index contributed by atoms with van der Waals surface area (Å²) in [6, 6.07) is 9.08. The van der Waals surface area contributed by atoms with Crippen LogP contribution in [0.1, 0.15) is 39.6 Å². The van der Waals surface area contributed by atoms with Crippen LogP contribution in [0.5, 0.6) is 0 Å². The topological polar surface area (TPSA) is 213 Å². The average Bonchev–Trinajstić information content (AvgIpc) is 3.75. The molecule has 25 heteroatoms. The number of allylic oxidation sites excluding steroid dienone is 1. The molecular weight excluding hydrogens is 855 g/mol. The minimum absolute atomic E-state index is 0. The number of anilines is 2. The maximum atomic E-state index is 13.3. The maximum Gasteiger partial charge on any atom is 1.00 e. The molecule has 17 nitrogen and oxygen atoms in total. The van der Waals surface area contributed by atoms with Crippen LogP contribution < -0.4 is 44.9 Å². The van der Waals surface area contributed by atoms with Crippen molar-refractivity contribution in [2.24, 2.45) is 18.5 Å². The van der Waals surface area contributed by atoms with Crippen LogP contribution in [0.3, 0.4) is 0 Å². The van der Waals surface area contributed by atoms with Gasteiger partial charge in [-0.25, -0.2) is 13.1 Å². The molecule has 1 fully saturated rings. The van der Waals surface area contributed by atoms with E-state index in [9.17, 15) is 35.2 Å². The van der Waals surface area contributed by atoms with Gasteiger partial charge in [-0.3, -0.25) is 19.0 Å². The number of hydrogen-bond donors (Lipinski definition) is 4. The summed E-state index contributed by atoms with van der Waals surface area (Å²) in [7, 11) is -2.10. The molecule has 4 N–H and O–H groups in total. The first-order valence-corrected chi connectivity index (χ1v) is 19.5. The van der Waals surface area contributed by atoms with Crippen LogP contribution in [0, 0.1) is 11.6 Å². The fraction of sp³-hybridized carbons (Fsp3) is 0.303. The van der Waals surface area contributed by atoms with E-state index in [1.165, 1.54) is 55.3 Å². The molecule has 2 aliphatic rings. The Morgan fingerprint density at radius 1 is 0.914 bits per heavy atom. The van der Waals surface area contributed by atoms with Crippen molar-refractivity contribution in [3.8, 4) is 0 Å². The molecule has 6 rings (SSSR count). The van der Waals surface area contributed by atoms with E-state index in [0.29, 0.717) is 11.4 Å². The Hall–Kier alpha value is -3.71. The van der Waals surface area contributed by atoms with E-state index in [1.54, 1.807) is 44.0 Å². The smallest absolute Gasteiger partial charge is 1.00 e. The summed E-state index contributed by atoms with van der Waals surface area (Å²) in [5, 5.41) is 20.3. The number of aliphatic hydroxyl groups is 1. The first-order valence-electron chi connectivity index (χ1n) is 15.9. The number of aliphatic hydroxyl groups excluding tert-OH is 1. The van der Waals surface area contributed by atoms with Gasteiger partial charge in [0.25, 0.3) is 16.1 Å². The van der Waals surface area contributed by atoms with Crippen molar-refractivity contribution in [1.82, 2.24) is 32.9 Å². The number of nitrogens with one attached hydrogen (secondary N) is 3. The van der Waals surface area contributed by atoms with E-state index in [0.717, 1.165) is 20.7 Å². The third-order valence-corrected chi connectivity index (χ3v) is 11.4. The van der Waals surface area contributed by atoms with Gasteiger partial charge in [-0.05, 0) is 68.0 Å². The van der Waals surface area contributed by atoms with Gasteiger partial charge in [0.1, 0.15) is 29.1 Å². The first kappa shape index (κ1) is 52.3. The molecule has 0 aliphatic carbocycles. The third kappa shape index (κ3) is 12.6. The Bertz CT molecular complexity index is 2380. The number of rotatable bonds is 6. The monoisotopic (exact) mass is 895 g/mol. The molecule has 0 saturated carbocycles. The minimum atomic E-state index is -4.09. The SMILES string of the molecule is C.CCO.CN1C(C(=O)Nc2ccc(F)c(Cl)c2)=CC(c2ccnn2C)=NS1(=O)=O.CN1C(C(=O)Nc2ccc(F)c(Cl)c2)CC(c2ccnn2C)NS1(=O)=O.[B].[H-].[Na+]. The molecule has 4 heterocycles. The Balaban J connectivity index is 0.00000100. The predicted octanol–water partition coefficient (Wildman–Crippen LogP) is 0.516. The molecule has 4 aromatic rings. The molecule has 2 aliphatic heterocycles. The van der Waals surface area contributed by atoms with Crippen molar-refractivity contribution < 1.29 is 71.3 Å². The van der Waals surface area contributed by atoms with Crippen molar-refractivity contribution in [3.63, 3.8) is 0 Å². The minimum Gasteiger partial charge on any atom is -1.00 e. The predicted molar refractivity (Wildman–Crippen MR) is 215 cm³/mol. The van der Waals surface area contributed by atoms with Crippen LogP contribution in [0.2, 0.25) is 10.0 Å². The van der Waals surface area contributed by atoms with Crippen LogP contribution in [-0.4, -0.2) is 103 Å². The second kappa shape index (κ2) is 22.1. The van der Waals surface area contributed by atoms with Crippen LogP contribution in [0.25, 0.3) is 0 Å². The van der Waals surface area contributed by atoms with Gasteiger partial charge in [0.2, 0.25) is 5.91 Å². The average molecular weight is 897 g/mol. The summed E-state index contributed by atoms with van der Waals surface area (Å²) < 4.78 is 86.8. The summed E-state index contributed by atoms with van der Waals surface area (Å²) in [6.45, 7) is 1.93. The number of halogens is 4. The zero-order valence-electron chi connectivity index (χ0n) is 32.4. The number of amides is 2. The molecule has 3 radical (unpaired) electrons. The number of nitrogens with zero attached hydrogens (tertiary/aromatic N) is 7. The molecule has 58 heavy (non-hydrogen) atoms. The van der Waals surface area contributed by atoms with Crippen LogP contribution in [0.4, 0.5) is 20.2 Å². The molecule has 2 unspecified atom stereocenters. The molecule has 0 spiro atoms. The Morgan fingerprint density at radius 3 is 1.91 bits per heavy atom. The molecular formula is C33H41BCl2F2N10NaO7S2. The Labute approximate surface area is 371 Å². The molecule has 1 saturated heterocycles. The Morgan fingerprint density at radius 2 is 1.43 bits per heavy atom. The van der Waals surface area contributed by atoms with Gasteiger partial charge in [0.05, 0.1) is 27.5 Å². The zero-order valence-corrected chi connectivity index (χ0v) is 36.5. The van der Waals surface area contributed by atoms with Crippen molar-refractivity contribution in [2.45, 2.75) is 32.9 Å². The van der Waals surface area contributed by atoms with Gasteiger partial charge in [0.15, 0.2) is 0 Å². The summed E-state index contributed by atoms with van der Waals surface area (Å²) in [4.78, 5) is 25.2. The van der Waals surface area contributed by atoms with Gasteiger partial charge in [0, 0.05) is 67.0 Å².